The number of rotatable bonds is 7. The van der Waals surface area contributed by atoms with Gasteiger partial charge in [0.15, 0.2) is 0 Å². The molecule has 9 heteroatoms. The summed E-state index contributed by atoms with van der Waals surface area (Å²) in [6, 6.07) is 9.79. The standard InChI is InChI=1S/C20H25N5O4/c1-12-16-14(24-25-18(16)29-10-9-26)11-15(21-12)22-19(27)23-17(20(2,3)28)13-7-5-4-6-8-13/h4-8,11,17,26,28H,9-10H2,1-3H3,(H,24,25)(H2,21,22,23,27)/t17-/m0/s1. The molecular formula is C20H25N5O4. The van der Waals surface area contributed by atoms with Crippen LogP contribution in [0.4, 0.5) is 10.6 Å². The number of urea groups is 1. The van der Waals surface area contributed by atoms with Crippen molar-refractivity contribution >= 4 is 22.8 Å². The molecule has 0 aliphatic rings. The number of ether oxygens (including phenoxy) is 1. The summed E-state index contributed by atoms with van der Waals surface area (Å²) >= 11 is 0. The van der Waals surface area contributed by atoms with Crippen molar-refractivity contribution in [1.82, 2.24) is 20.5 Å². The number of H-pyrrole nitrogens is 1. The summed E-state index contributed by atoms with van der Waals surface area (Å²) in [6.45, 7) is 5.05. The Morgan fingerprint density at radius 2 is 2.03 bits per heavy atom. The first-order chi connectivity index (χ1) is 13.8. The molecule has 2 amide bonds. The molecule has 29 heavy (non-hydrogen) atoms. The van der Waals surface area contributed by atoms with E-state index in [-0.39, 0.29) is 13.2 Å². The van der Waals surface area contributed by atoms with Crippen LogP contribution >= 0.6 is 0 Å². The molecule has 1 atom stereocenters. The Morgan fingerprint density at radius 3 is 2.69 bits per heavy atom. The minimum atomic E-state index is -1.17. The molecule has 0 bridgehead atoms. The number of amides is 2. The zero-order valence-corrected chi connectivity index (χ0v) is 16.6. The highest BCUT2D eigenvalue weighted by atomic mass is 16.5. The van der Waals surface area contributed by atoms with Crippen LogP contribution in [0.25, 0.3) is 10.9 Å². The van der Waals surface area contributed by atoms with E-state index in [0.29, 0.717) is 28.3 Å². The summed E-state index contributed by atoms with van der Waals surface area (Å²) in [5, 5.41) is 32.5. The first kappa shape index (κ1) is 20.6. The predicted molar refractivity (Wildman–Crippen MR) is 109 cm³/mol. The molecule has 0 saturated carbocycles. The summed E-state index contributed by atoms with van der Waals surface area (Å²) in [6.07, 6.45) is 0. The number of nitrogens with zero attached hydrogens (tertiary/aromatic N) is 2. The molecule has 3 aromatic rings. The molecule has 0 aliphatic carbocycles. The number of hydrogen-bond donors (Lipinski definition) is 5. The Balaban J connectivity index is 1.78. The third kappa shape index (κ3) is 4.82. The van der Waals surface area contributed by atoms with Gasteiger partial charge in [-0.2, -0.15) is 0 Å². The van der Waals surface area contributed by atoms with Crippen molar-refractivity contribution in [3.05, 3.63) is 47.7 Å². The number of fused-ring (bicyclic) bond motifs is 1. The first-order valence-electron chi connectivity index (χ1n) is 9.24. The van der Waals surface area contributed by atoms with E-state index in [1.807, 2.05) is 30.3 Å². The fourth-order valence-corrected chi connectivity index (χ4v) is 3.11. The van der Waals surface area contributed by atoms with Gasteiger partial charge in [0.25, 0.3) is 0 Å². The van der Waals surface area contributed by atoms with Crippen molar-refractivity contribution in [3.8, 4) is 5.88 Å². The lowest BCUT2D eigenvalue weighted by Crippen LogP contribution is -2.43. The lowest BCUT2D eigenvalue weighted by Gasteiger charge is -2.30. The largest absolute Gasteiger partial charge is 0.474 e. The van der Waals surface area contributed by atoms with Gasteiger partial charge >= 0.3 is 6.03 Å². The van der Waals surface area contributed by atoms with Crippen molar-refractivity contribution in [1.29, 1.82) is 0 Å². The Bertz CT molecular complexity index is 982. The molecule has 5 N–H and O–H groups in total. The molecular weight excluding hydrogens is 374 g/mol. The molecule has 2 heterocycles. The number of aryl methyl sites for hydroxylation is 1. The summed E-state index contributed by atoms with van der Waals surface area (Å²) in [7, 11) is 0. The summed E-state index contributed by atoms with van der Waals surface area (Å²) in [5.74, 6) is 0.675. The number of aromatic amines is 1. The topological polar surface area (TPSA) is 132 Å². The quantitative estimate of drug-likeness (QED) is 0.414. The van der Waals surface area contributed by atoms with E-state index < -0.39 is 17.7 Å². The van der Waals surface area contributed by atoms with E-state index in [1.165, 1.54) is 0 Å². The molecule has 9 nitrogen and oxygen atoms in total. The molecule has 1 aromatic carbocycles. The van der Waals surface area contributed by atoms with Crippen LogP contribution in [0.3, 0.4) is 0 Å². The number of carbonyl (C=O) groups is 1. The Labute approximate surface area is 168 Å². The van der Waals surface area contributed by atoms with Gasteiger partial charge in [0.2, 0.25) is 5.88 Å². The normalized spacial score (nSPS) is 12.6. The van der Waals surface area contributed by atoms with Crippen LogP contribution in [-0.4, -0.2) is 50.2 Å². The van der Waals surface area contributed by atoms with E-state index in [9.17, 15) is 9.90 Å². The minimum Gasteiger partial charge on any atom is -0.474 e. The highest BCUT2D eigenvalue weighted by Crippen LogP contribution is 2.28. The molecule has 154 valence electrons. The van der Waals surface area contributed by atoms with Gasteiger partial charge < -0.3 is 20.3 Å². The van der Waals surface area contributed by atoms with E-state index in [0.717, 1.165) is 5.56 Å². The fourth-order valence-electron chi connectivity index (χ4n) is 3.11. The van der Waals surface area contributed by atoms with Crippen LogP contribution in [0, 0.1) is 6.92 Å². The minimum absolute atomic E-state index is 0.121. The van der Waals surface area contributed by atoms with Gasteiger partial charge in [-0.25, -0.2) is 9.78 Å². The second-order valence-corrected chi connectivity index (χ2v) is 7.21. The van der Waals surface area contributed by atoms with Crippen molar-refractivity contribution in [2.75, 3.05) is 18.5 Å². The van der Waals surface area contributed by atoms with Crippen LogP contribution in [0.15, 0.2) is 36.4 Å². The zero-order chi connectivity index (χ0) is 21.0. The second-order valence-electron chi connectivity index (χ2n) is 7.21. The van der Waals surface area contributed by atoms with Crippen LogP contribution in [0.2, 0.25) is 0 Å². The number of aliphatic hydroxyl groups excluding tert-OH is 1. The van der Waals surface area contributed by atoms with Crippen molar-refractivity contribution in [2.45, 2.75) is 32.4 Å². The lowest BCUT2D eigenvalue weighted by atomic mass is 9.92. The van der Waals surface area contributed by atoms with Crippen molar-refractivity contribution < 1.29 is 19.7 Å². The number of aliphatic hydroxyl groups is 2. The monoisotopic (exact) mass is 399 g/mol. The average molecular weight is 399 g/mol. The Hall–Kier alpha value is -3.17. The maximum atomic E-state index is 12.6. The summed E-state index contributed by atoms with van der Waals surface area (Å²) in [5.41, 5.74) is 0.868. The third-order valence-electron chi connectivity index (χ3n) is 4.38. The molecule has 0 radical (unpaired) electrons. The predicted octanol–water partition coefficient (Wildman–Crippen LogP) is 2.27. The maximum Gasteiger partial charge on any atom is 0.320 e. The van der Waals surface area contributed by atoms with E-state index in [2.05, 4.69) is 25.8 Å². The molecule has 0 fully saturated rings. The highest BCUT2D eigenvalue weighted by molar-refractivity contribution is 5.93. The Morgan fingerprint density at radius 1 is 1.31 bits per heavy atom. The number of nitrogens with one attached hydrogen (secondary N) is 3. The SMILES string of the molecule is Cc1nc(NC(=O)N[C@@H](c2ccccc2)C(C)(C)O)cc2[nH]nc(OCCO)c12. The average Bonchev–Trinajstić information content (AvgIpc) is 3.07. The van der Waals surface area contributed by atoms with Crippen LogP contribution in [-0.2, 0) is 0 Å². The van der Waals surface area contributed by atoms with Crippen LogP contribution < -0.4 is 15.4 Å². The van der Waals surface area contributed by atoms with Gasteiger partial charge in [-0.05, 0) is 26.3 Å². The number of anilines is 1. The van der Waals surface area contributed by atoms with E-state index in [1.54, 1.807) is 26.8 Å². The number of carbonyl (C=O) groups excluding carboxylic acids is 1. The smallest absolute Gasteiger partial charge is 0.320 e. The van der Waals surface area contributed by atoms with Gasteiger partial charge in [-0.15, -0.1) is 5.10 Å². The first-order valence-corrected chi connectivity index (χ1v) is 9.24. The third-order valence-corrected chi connectivity index (χ3v) is 4.38. The second kappa shape index (κ2) is 8.46. The maximum absolute atomic E-state index is 12.6. The summed E-state index contributed by atoms with van der Waals surface area (Å²) < 4.78 is 5.39. The highest BCUT2D eigenvalue weighted by Gasteiger charge is 2.30. The van der Waals surface area contributed by atoms with Gasteiger partial charge in [0.1, 0.15) is 12.4 Å². The number of hydrogen-bond acceptors (Lipinski definition) is 6. The summed E-state index contributed by atoms with van der Waals surface area (Å²) in [4.78, 5) is 17.0. The molecule has 0 aliphatic heterocycles. The molecule has 0 saturated heterocycles. The van der Waals surface area contributed by atoms with Gasteiger partial charge in [0.05, 0.1) is 34.8 Å². The van der Waals surface area contributed by atoms with Gasteiger partial charge in [0, 0.05) is 6.07 Å². The number of pyridine rings is 1. The Kier molecular flexibility index (Phi) is 6.00. The van der Waals surface area contributed by atoms with E-state index in [4.69, 9.17) is 9.84 Å². The molecule has 3 rings (SSSR count). The lowest BCUT2D eigenvalue weighted by molar-refractivity contribution is 0.0415. The molecule has 2 aromatic heterocycles. The molecule has 0 spiro atoms. The molecule has 0 unspecified atom stereocenters. The van der Waals surface area contributed by atoms with E-state index >= 15 is 0 Å². The van der Waals surface area contributed by atoms with Gasteiger partial charge in [-0.3, -0.25) is 10.4 Å². The van der Waals surface area contributed by atoms with Crippen molar-refractivity contribution in [2.24, 2.45) is 0 Å². The van der Waals surface area contributed by atoms with Crippen molar-refractivity contribution in [3.63, 3.8) is 0 Å². The number of aromatic nitrogens is 3. The van der Waals surface area contributed by atoms with Crippen LogP contribution in [0.5, 0.6) is 5.88 Å². The number of benzene rings is 1. The van der Waals surface area contributed by atoms with Crippen LogP contribution in [0.1, 0.15) is 31.1 Å². The zero-order valence-electron chi connectivity index (χ0n) is 16.6. The fraction of sp³-hybridized carbons (Fsp3) is 0.350. The van der Waals surface area contributed by atoms with Gasteiger partial charge in [-0.1, -0.05) is 30.3 Å².